The Kier molecular flexibility index (Phi) is 6.40. The highest BCUT2D eigenvalue weighted by atomic mass is 32.1. The number of rotatable bonds is 6. The zero-order chi connectivity index (χ0) is 15.4. The molecule has 1 aliphatic heterocycles. The Morgan fingerprint density at radius 1 is 1.30 bits per heavy atom. The Balaban J connectivity index is 2.78. The van der Waals surface area contributed by atoms with Gasteiger partial charge in [-0.25, -0.2) is 0 Å². The summed E-state index contributed by atoms with van der Waals surface area (Å²) in [5, 5.41) is 0. The lowest BCUT2D eigenvalue weighted by molar-refractivity contribution is -0.138. The molecule has 0 saturated carbocycles. The van der Waals surface area contributed by atoms with E-state index in [4.69, 9.17) is 22.7 Å². The van der Waals surface area contributed by atoms with E-state index >= 15 is 0 Å². The van der Waals surface area contributed by atoms with Crippen molar-refractivity contribution in [3.63, 3.8) is 0 Å². The van der Waals surface area contributed by atoms with Gasteiger partial charge in [0.05, 0.1) is 23.1 Å². The van der Waals surface area contributed by atoms with Crippen LogP contribution >= 0.6 is 12.2 Å². The molecular formula is C15H28N2O2S. The molecule has 20 heavy (non-hydrogen) atoms. The van der Waals surface area contributed by atoms with Crippen LogP contribution in [0, 0.1) is 17.8 Å². The molecule has 1 heterocycles. The van der Waals surface area contributed by atoms with Gasteiger partial charge in [0.2, 0.25) is 5.91 Å². The predicted octanol–water partition coefficient (Wildman–Crippen LogP) is 2.21. The molecular weight excluding hydrogens is 272 g/mol. The van der Waals surface area contributed by atoms with Gasteiger partial charge in [0.25, 0.3) is 0 Å². The summed E-state index contributed by atoms with van der Waals surface area (Å²) >= 11 is 4.93. The smallest absolute Gasteiger partial charge is 0.228 e. The Morgan fingerprint density at radius 3 is 2.30 bits per heavy atom. The molecule has 4 unspecified atom stereocenters. The summed E-state index contributed by atoms with van der Waals surface area (Å²) in [5.74, 6) is 0.794. The lowest BCUT2D eigenvalue weighted by Gasteiger charge is -2.29. The quantitative estimate of drug-likeness (QED) is 0.764. The molecule has 1 rings (SSSR count). The normalized spacial score (nSPS) is 29.7. The molecule has 4 nitrogen and oxygen atoms in total. The summed E-state index contributed by atoms with van der Waals surface area (Å²) in [6, 6.07) is 0. The number of hydrogen-bond donors (Lipinski definition) is 1. The van der Waals surface area contributed by atoms with Crippen molar-refractivity contribution in [2.75, 3.05) is 13.1 Å². The third kappa shape index (κ3) is 4.42. The van der Waals surface area contributed by atoms with Crippen LogP contribution < -0.4 is 5.73 Å². The first-order valence-corrected chi connectivity index (χ1v) is 7.87. The molecule has 0 aromatic carbocycles. The molecule has 0 bridgehead atoms. The van der Waals surface area contributed by atoms with Crippen molar-refractivity contribution < 1.29 is 9.53 Å². The summed E-state index contributed by atoms with van der Waals surface area (Å²) < 4.78 is 5.79. The fourth-order valence-electron chi connectivity index (χ4n) is 2.88. The standard InChI is InChI=1S/C15H28N2O2S/c1-9(2)8-17(7-6-13(16)20)15(18)14-10(3)11(4)19-12(14)5/h9-12,14H,6-8H2,1-5H3,(H2,16,20). The van der Waals surface area contributed by atoms with E-state index in [1.165, 1.54) is 0 Å². The van der Waals surface area contributed by atoms with E-state index in [0.29, 0.717) is 23.9 Å². The third-order valence-electron chi connectivity index (χ3n) is 4.05. The summed E-state index contributed by atoms with van der Waals surface area (Å²) in [6.45, 7) is 11.7. The Labute approximate surface area is 128 Å². The molecule has 0 aromatic rings. The Bertz CT molecular complexity index is 360. The average molecular weight is 300 g/mol. The van der Waals surface area contributed by atoms with Crippen molar-refractivity contribution >= 4 is 23.1 Å². The van der Waals surface area contributed by atoms with Crippen molar-refractivity contribution in [1.29, 1.82) is 0 Å². The predicted molar refractivity (Wildman–Crippen MR) is 85.5 cm³/mol. The molecule has 1 saturated heterocycles. The largest absolute Gasteiger partial charge is 0.393 e. The van der Waals surface area contributed by atoms with Gasteiger partial charge in [0, 0.05) is 19.5 Å². The van der Waals surface area contributed by atoms with E-state index in [-0.39, 0.29) is 30.0 Å². The van der Waals surface area contributed by atoms with Crippen molar-refractivity contribution in [1.82, 2.24) is 4.90 Å². The van der Waals surface area contributed by atoms with E-state index in [9.17, 15) is 4.79 Å². The lowest BCUT2D eigenvalue weighted by atomic mass is 9.88. The van der Waals surface area contributed by atoms with Gasteiger partial charge < -0.3 is 15.4 Å². The minimum Gasteiger partial charge on any atom is -0.393 e. The van der Waals surface area contributed by atoms with E-state index in [1.807, 2.05) is 18.7 Å². The maximum Gasteiger partial charge on any atom is 0.228 e. The second-order valence-electron chi connectivity index (χ2n) is 6.33. The maximum absolute atomic E-state index is 12.8. The molecule has 0 aliphatic carbocycles. The van der Waals surface area contributed by atoms with Gasteiger partial charge in [-0.2, -0.15) is 0 Å². The van der Waals surface area contributed by atoms with E-state index in [2.05, 4.69) is 20.8 Å². The molecule has 116 valence electrons. The van der Waals surface area contributed by atoms with Crippen molar-refractivity contribution in [2.24, 2.45) is 23.5 Å². The number of carbonyl (C=O) groups is 1. The molecule has 2 N–H and O–H groups in total. The average Bonchev–Trinajstić information content (AvgIpc) is 2.57. The zero-order valence-corrected chi connectivity index (χ0v) is 14.1. The van der Waals surface area contributed by atoms with Gasteiger partial charge in [-0.15, -0.1) is 0 Å². The van der Waals surface area contributed by atoms with Crippen LogP contribution in [0.2, 0.25) is 0 Å². The topological polar surface area (TPSA) is 55.6 Å². The zero-order valence-electron chi connectivity index (χ0n) is 13.3. The minimum absolute atomic E-state index is 0.0213. The lowest BCUT2D eigenvalue weighted by Crippen LogP contribution is -2.43. The van der Waals surface area contributed by atoms with E-state index in [1.54, 1.807) is 0 Å². The molecule has 0 aromatic heterocycles. The fourth-order valence-corrected chi connectivity index (χ4v) is 2.97. The number of thiocarbonyl (C=S) groups is 1. The van der Waals surface area contributed by atoms with Crippen LogP contribution in [0.1, 0.15) is 41.0 Å². The van der Waals surface area contributed by atoms with Crippen molar-refractivity contribution in [3.05, 3.63) is 0 Å². The van der Waals surface area contributed by atoms with Crippen LogP contribution in [0.4, 0.5) is 0 Å². The molecule has 1 fully saturated rings. The monoisotopic (exact) mass is 300 g/mol. The van der Waals surface area contributed by atoms with Crippen LogP contribution in [0.3, 0.4) is 0 Å². The summed E-state index contributed by atoms with van der Waals surface area (Å²) in [4.78, 5) is 15.2. The van der Waals surface area contributed by atoms with E-state index in [0.717, 1.165) is 6.54 Å². The number of hydrogen-bond acceptors (Lipinski definition) is 3. The number of nitrogens with zero attached hydrogens (tertiary/aromatic N) is 1. The molecule has 4 atom stereocenters. The number of ether oxygens (including phenoxy) is 1. The molecule has 5 heteroatoms. The van der Waals surface area contributed by atoms with Crippen molar-refractivity contribution in [3.8, 4) is 0 Å². The summed E-state index contributed by atoms with van der Waals surface area (Å²) in [6.07, 6.45) is 0.696. The van der Waals surface area contributed by atoms with E-state index < -0.39 is 0 Å². The van der Waals surface area contributed by atoms with Gasteiger partial charge >= 0.3 is 0 Å². The molecule has 1 amide bonds. The van der Waals surface area contributed by atoms with Gasteiger partial charge in [-0.1, -0.05) is 33.0 Å². The highest BCUT2D eigenvalue weighted by Crippen LogP contribution is 2.33. The molecule has 0 radical (unpaired) electrons. The molecule has 1 aliphatic rings. The highest BCUT2D eigenvalue weighted by molar-refractivity contribution is 7.80. The fraction of sp³-hybridized carbons (Fsp3) is 0.867. The van der Waals surface area contributed by atoms with Crippen LogP contribution in [0.25, 0.3) is 0 Å². The Hall–Kier alpha value is -0.680. The number of nitrogens with two attached hydrogens (primary N) is 1. The first kappa shape index (κ1) is 17.4. The van der Waals surface area contributed by atoms with Gasteiger partial charge in [0.15, 0.2) is 0 Å². The van der Waals surface area contributed by atoms with Crippen LogP contribution in [0.15, 0.2) is 0 Å². The van der Waals surface area contributed by atoms with Gasteiger partial charge in [0.1, 0.15) is 0 Å². The summed E-state index contributed by atoms with van der Waals surface area (Å²) in [5.41, 5.74) is 5.57. The molecule has 0 spiro atoms. The number of carbonyl (C=O) groups excluding carboxylic acids is 1. The van der Waals surface area contributed by atoms with Crippen LogP contribution in [-0.4, -0.2) is 41.1 Å². The first-order chi connectivity index (χ1) is 9.23. The number of amides is 1. The Morgan fingerprint density at radius 2 is 1.90 bits per heavy atom. The minimum atomic E-state index is -0.0601. The first-order valence-electron chi connectivity index (χ1n) is 7.46. The SMILES string of the molecule is CC(C)CN(CCC(N)=S)C(=O)C1C(C)OC(C)C1C. The van der Waals surface area contributed by atoms with Crippen LogP contribution in [0.5, 0.6) is 0 Å². The maximum atomic E-state index is 12.8. The van der Waals surface area contributed by atoms with Gasteiger partial charge in [-0.3, -0.25) is 4.79 Å². The third-order valence-corrected chi connectivity index (χ3v) is 4.26. The second kappa shape index (κ2) is 7.36. The summed E-state index contributed by atoms with van der Waals surface area (Å²) in [7, 11) is 0. The second-order valence-corrected chi connectivity index (χ2v) is 6.85. The van der Waals surface area contributed by atoms with Crippen molar-refractivity contribution in [2.45, 2.75) is 53.2 Å². The van der Waals surface area contributed by atoms with Crippen LogP contribution in [-0.2, 0) is 9.53 Å². The highest BCUT2D eigenvalue weighted by Gasteiger charge is 2.43. The van der Waals surface area contributed by atoms with Gasteiger partial charge in [-0.05, 0) is 25.7 Å².